The molecule has 3 N–H and O–H groups in total. The quantitative estimate of drug-likeness (QED) is 0.538. The number of nitrogens with one attached hydrogen (secondary N) is 1. The third kappa shape index (κ3) is 2.49. The molecule has 4 nitrogen and oxygen atoms in total. The molecule has 1 rings (SSSR count). The molecule has 0 aromatic carbocycles. The summed E-state index contributed by atoms with van der Waals surface area (Å²) >= 11 is 0. The van der Waals surface area contributed by atoms with Crippen molar-refractivity contribution in [2.45, 2.75) is 6.42 Å². The molecule has 0 aliphatic carbocycles. The highest BCUT2D eigenvalue weighted by molar-refractivity contribution is 5.98. The zero-order valence-corrected chi connectivity index (χ0v) is 7.66. The number of rotatable bonds is 4. The summed E-state index contributed by atoms with van der Waals surface area (Å²) in [4.78, 5) is 14.8. The Morgan fingerprint density at radius 3 is 3.14 bits per heavy atom. The van der Waals surface area contributed by atoms with Crippen LogP contribution in [0.1, 0.15) is 16.8 Å². The summed E-state index contributed by atoms with van der Waals surface area (Å²) in [6.07, 6.45) is 8.71. The molecule has 0 atom stereocenters. The number of anilines is 1. The number of nitrogens with zero attached hydrogens (tertiary/aromatic N) is 1. The number of carbonyl (C=O) groups is 1. The average Bonchev–Trinajstić information content (AvgIpc) is 2.19. The summed E-state index contributed by atoms with van der Waals surface area (Å²) in [6, 6.07) is 1.69. The van der Waals surface area contributed by atoms with Crippen molar-refractivity contribution in [2.75, 3.05) is 11.9 Å². The Bertz CT molecular complexity index is 368. The van der Waals surface area contributed by atoms with E-state index in [0.717, 1.165) is 0 Å². The molecule has 0 fully saturated rings. The van der Waals surface area contributed by atoms with E-state index in [9.17, 15) is 4.79 Å². The number of amides is 1. The first-order chi connectivity index (χ1) is 6.75. The molecule has 0 bridgehead atoms. The van der Waals surface area contributed by atoms with Gasteiger partial charge in [0.05, 0.1) is 11.3 Å². The van der Waals surface area contributed by atoms with Crippen molar-refractivity contribution in [3.8, 4) is 12.3 Å². The number of terminal acetylenes is 1. The van der Waals surface area contributed by atoms with Crippen LogP contribution in [0.5, 0.6) is 0 Å². The standard InChI is InChI=1S/C10H11N3O/c1-2-3-5-13-9-4-6-12-7-8(9)10(11)14/h1,4,6-7H,3,5H2,(H2,11,14)(H,12,13). The third-order valence-corrected chi connectivity index (χ3v) is 1.67. The van der Waals surface area contributed by atoms with Crippen LogP contribution >= 0.6 is 0 Å². The Kier molecular flexibility index (Phi) is 3.50. The molecular weight excluding hydrogens is 178 g/mol. The van der Waals surface area contributed by atoms with E-state index in [4.69, 9.17) is 12.2 Å². The predicted octanol–water partition coefficient (Wildman–Crippen LogP) is 0.616. The summed E-state index contributed by atoms with van der Waals surface area (Å²) in [5, 5.41) is 3.01. The van der Waals surface area contributed by atoms with Crippen LogP contribution in [0, 0.1) is 12.3 Å². The number of pyridine rings is 1. The van der Waals surface area contributed by atoms with E-state index in [1.54, 1.807) is 12.3 Å². The highest BCUT2D eigenvalue weighted by atomic mass is 16.1. The maximum atomic E-state index is 11.0. The van der Waals surface area contributed by atoms with Crippen LogP contribution in [0.2, 0.25) is 0 Å². The zero-order chi connectivity index (χ0) is 10.4. The smallest absolute Gasteiger partial charge is 0.252 e. The molecule has 4 heteroatoms. The van der Waals surface area contributed by atoms with Crippen LogP contribution in [-0.4, -0.2) is 17.4 Å². The molecule has 0 radical (unpaired) electrons. The monoisotopic (exact) mass is 189 g/mol. The van der Waals surface area contributed by atoms with Crippen LogP contribution in [0.3, 0.4) is 0 Å². The number of nitrogens with two attached hydrogens (primary N) is 1. The zero-order valence-electron chi connectivity index (χ0n) is 7.66. The van der Waals surface area contributed by atoms with Gasteiger partial charge in [0.15, 0.2) is 0 Å². The fraction of sp³-hybridized carbons (Fsp3) is 0.200. The fourth-order valence-electron chi connectivity index (χ4n) is 1.01. The molecule has 72 valence electrons. The number of hydrogen-bond donors (Lipinski definition) is 2. The normalized spacial score (nSPS) is 9.07. The topological polar surface area (TPSA) is 68.0 Å². The summed E-state index contributed by atoms with van der Waals surface area (Å²) in [5.41, 5.74) is 6.21. The van der Waals surface area contributed by atoms with Crippen molar-refractivity contribution >= 4 is 11.6 Å². The predicted molar refractivity (Wildman–Crippen MR) is 54.7 cm³/mol. The van der Waals surface area contributed by atoms with Gasteiger partial charge in [0, 0.05) is 25.4 Å². The van der Waals surface area contributed by atoms with Crippen LogP contribution in [0.15, 0.2) is 18.5 Å². The lowest BCUT2D eigenvalue weighted by Gasteiger charge is -2.07. The summed E-state index contributed by atoms with van der Waals surface area (Å²) in [6.45, 7) is 0.612. The van der Waals surface area contributed by atoms with Gasteiger partial charge in [0.25, 0.3) is 5.91 Å². The van der Waals surface area contributed by atoms with Crippen molar-refractivity contribution in [1.29, 1.82) is 0 Å². The third-order valence-electron chi connectivity index (χ3n) is 1.67. The maximum Gasteiger partial charge on any atom is 0.252 e. The molecule has 14 heavy (non-hydrogen) atoms. The Labute approximate surface area is 82.5 Å². The molecule has 0 saturated carbocycles. The summed E-state index contributed by atoms with van der Waals surface area (Å²) in [7, 11) is 0. The Morgan fingerprint density at radius 1 is 1.71 bits per heavy atom. The first kappa shape index (κ1) is 10.1. The lowest BCUT2D eigenvalue weighted by atomic mass is 10.2. The van der Waals surface area contributed by atoms with Crippen LogP contribution in [0.25, 0.3) is 0 Å². The molecule has 0 aliphatic rings. The average molecular weight is 189 g/mol. The van der Waals surface area contributed by atoms with Crippen LogP contribution in [-0.2, 0) is 0 Å². The van der Waals surface area contributed by atoms with Crippen molar-refractivity contribution in [3.05, 3.63) is 24.0 Å². The maximum absolute atomic E-state index is 11.0. The minimum Gasteiger partial charge on any atom is -0.383 e. The molecular formula is C10H11N3O. The van der Waals surface area contributed by atoms with E-state index in [0.29, 0.717) is 24.2 Å². The minimum atomic E-state index is -0.499. The van der Waals surface area contributed by atoms with Crippen LogP contribution < -0.4 is 11.1 Å². The molecule has 1 aromatic rings. The SMILES string of the molecule is C#CCCNc1ccncc1C(N)=O. The van der Waals surface area contributed by atoms with E-state index in [1.807, 2.05) is 0 Å². The molecule has 0 aliphatic heterocycles. The lowest BCUT2D eigenvalue weighted by Crippen LogP contribution is -2.15. The fourth-order valence-corrected chi connectivity index (χ4v) is 1.01. The number of aromatic nitrogens is 1. The second kappa shape index (κ2) is 4.87. The Balaban J connectivity index is 2.75. The van der Waals surface area contributed by atoms with Gasteiger partial charge in [-0.2, -0.15) is 0 Å². The van der Waals surface area contributed by atoms with Crippen molar-refractivity contribution in [3.63, 3.8) is 0 Å². The lowest BCUT2D eigenvalue weighted by molar-refractivity contribution is 0.100. The number of hydrogen-bond acceptors (Lipinski definition) is 3. The van der Waals surface area contributed by atoms with Gasteiger partial charge in [-0.25, -0.2) is 0 Å². The van der Waals surface area contributed by atoms with Gasteiger partial charge >= 0.3 is 0 Å². The van der Waals surface area contributed by atoms with Crippen molar-refractivity contribution in [1.82, 2.24) is 4.98 Å². The Hall–Kier alpha value is -2.02. The van der Waals surface area contributed by atoms with Crippen molar-refractivity contribution in [2.24, 2.45) is 5.73 Å². The summed E-state index contributed by atoms with van der Waals surface area (Å²) < 4.78 is 0. The van der Waals surface area contributed by atoms with Gasteiger partial charge in [0.1, 0.15) is 0 Å². The highest BCUT2D eigenvalue weighted by Gasteiger charge is 2.06. The van der Waals surface area contributed by atoms with Gasteiger partial charge in [-0.05, 0) is 6.07 Å². The van der Waals surface area contributed by atoms with E-state index in [1.165, 1.54) is 6.20 Å². The van der Waals surface area contributed by atoms with Gasteiger partial charge in [0.2, 0.25) is 0 Å². The van der Waals surface area contributed by atoms with Gasteiger partial charge in [-0.15, -0.1) is 12.3 Å². The number of carbonyl (C=O) groups excluding carboxylic acids is 1. The van der Waals surface area contributed by atoms with E-state index in [2.05, 4.69) is 16.2 Å². The molecule has 0 saturated heterocycles. The minimum absolute atomic E-state index is 0.379. The van der Waals surface area contributed by atoms with Gasteiger partial charge in [-0.3, -0.25) is 9.78 Å². The Morgan fingerprint density at radius 2 is 2.50 bits per heavy atom. The molecule has 0 spiro atoms. The van der Waals surface area contributed by atoms with Gasteiger partial charge in [-0.1, -0.05) is 0 Å². The molecule has 1 heterocycles. The van der Waals surface area contributed by atoms with Crippen LogP contribution in [0.4, 0.5) is 5.69 Å². The van der Waals surface area contributed by atoms with Gasteiger partial charge < -0.3 is 11.1 Å². The molecule has 1 amide bonds. The first-order valence-electron chi connectivity index (χ1n) is 4.17. The van der Waals surface area contributed by atoms with Crippen molar-refractivity contribution < 1.29 is 4.79 Å². The van der Waals surface area contributed by atoms with E-state index >= 15 is 0 Å². The largest absolute Gasteiger partial charge is 0.383 e. The second-order valence-electron chi connectivity index (χ2n) is 2.67. The second-order valence-corrected chi connectivity index (χ2v) is 2.67. The first-order valence-corrected chi connectivity index (χ1v) is 4.17. The number of primary amides is 1. The summed E-state index contributed by atoms with van der Waals surface area (Å²) in [5.74, 6) is 1.99. The van der Waals surface area contributed by atoms with E-state index in [-0.39, 0.29) is 0 Å². The molecule has 0 unspecified atom stereocenters. The highest BCUT2D eigenvalue weighted by Crippen LogP contribution is 2.12. The van der Waals surface area contributed by atoms with E-state index < -0.39 is 5.91 Å². The molecule has 1 aromatic heterocycles.